The van der Waals surface area contributed by atoms with Crippen molar-refractivity contribution in [2.45, 2.75) is 33.2 Å². The highest BCUT2D eigenvalue weighted by atomic mass is 16.5. The predicted molar refractivity (Wildman–Crippen MR) is 81.8 cm³/mol. The fraction of sp³-hybridized carbons (Fsp3) is 0.625. The molecule has 3 nitrogen and oxygen atoms in total. The summed E-state index contributed by atoms with van der Waals surface area (Å²) in [4.78, 5) is 2.19. The second-order valence-corrected chi connectivity index (χ2v) is 5.25. The fourth-order valence-electron chi connectivity index (χ4n) is 2.01. The monoisotopic (exact) mass is 264 g/mol. The van der Waals surface area contributed by atoms with Gasteiger partial charge in [0.15, 0.2) is 0 Å². The van der Waals surface area contributed by atoms with Crippen LogP contribution in [0.15, 0.2) is 18.2 Å². The minimum Gasteiger partial charge on any atom is -0.493 e. The Hall–Kier alpha value is -1.06. The lowest BCUT2D eigenvalue weighted by Crippen LogP contribution is -2.17. The van der Waals surface area contributed by atoms with Crippen LogP contribution < -0.4 is 10.1 Å². The van der Waals surface area contributed by atoms with Crippen LogP contribution in [0.2, 0.25) is 0 Å². The Morgan fingerprint density at radius 3 is 2.74 bits per heavy atom. The summed E-state index contributed by atoms with van der Waals surface area (Å²) >= 11 is 0. The van der Waals surface area contributed by atoms with Crippen LogP contribution in [-0.2, 0) is 6.54 Å². The molecule has 3 heteroatoms. The van der Waals surface area contributed by atoms with Gasteiger partial charge in [-0.2, -0.15) is 0 Å². The van der Waals surface area contributed by atoms with E-state index in [1.807, 2.05) is 0 Å². The summed E-state index contributed by atoms with van der Waals surface area (Å²) in [6, 6.07) is 6.37. The van der Waals surface area contributed by atoms with Crippen molar-refractivity contribution in [1.29, 1.82) is 0 Å². The molecule has 108 valence electrons. The maximum Gasteiger partial charge on any atom is 0.126 e. The lowest BCUT2D eigenvalue weighted by Gasteiger charge is -2.15. The Kier molecular flexibility index (Phi) is 7.53. The Morgan fingerprint density at radius 1 is 1.26 bits per heavy atom. The summed E-state index contributed by atoms with van der Waals surface area (Å²) < 4.78 is 5.98. The van der Waals surface area contributed by atoms with Crippen LogP contribution in [0.1, 0.15) is 30.9 Å². The zero-order chi connectivity index (χ0) is 14.1. The average Bonchev–Trinajstić information content (AvgIpc) is 2.37. The number of para-hydroxylation sites is 1. The van der Waals surface area contributed by atoms with E-state index < -0.39 is 0 Å². The Labute approximate surface area is 118 Å². The number of nitrogens with zero attached hydrogens (tertiary/aromatic N) is 1. The van der Waals surface area contributed by atoms with Gasteiger partial charge in [0.2, 0.25) is 0 Å². The molecule has 1 aromatic rings. The molecule has 0 heterocycles. The van der Waals surface area contributed by atoms with Crippen molar-refractivity contribution in [2.24, 2.45) is 0 Å². The molecule has 19 heavy (non-hydrogen) atoms. The van der Waals surface area contributed by atoms with Gasteiger partial charge in [-0.05, 0) is 46.0 Å². The summed E-state index contributed by atoms with van der Waals surface area (Å²) in [5.41, 5.74) is 2.49. The first-order valence-electron chi connectivity index (χ1n) is 7.22. The Balaban J connectivity index is 2.53. The van der Waals surface area contributed by atoms with Gasteiger partial charge >= 0.3 is 0 Å². The SMILES string of the molecule is CCCNCc1cccc(C)c1OCCCN(C)C. The van der Waals surface area contributed by atoms with Gasteiger partial charge in [0.25, 0.3) is 0 Å². The largest absolute Gasteiger partial charge is 0.493 e. The highest BCUT2D eigenvalue weighted by molar-refractivity contribution is 5.40. The zero-order valence-corrected chi connectivity index (χ0v) is 12.8. The van der Waals surface area contributed by atoms with E-state index in [0.29, 0.717) is 0 Å². The molecule has 0 aliphatic carbocycles. The molecule has 0 saturated heterocycles. The first-order valence-corrected chi connectivity index (χ1v) is 7.22. The van der Waals surface area contributed by atoms with Gasteiger partial charge in [0.05, 0.1) is 6.61 Å². The molecular weight excluding hydrogens is 236 g/mol. The summed E-state index contributed by atoms with van der Waals surface area (Å²) in [6.07, 6.45) is 2.22. The van der Waals surface area contributed by atoms with Gasteiger partial charge < -0.3 is 15.0 Å². The van der Waals surface area contributed by atoms with Gasteiger partial charge in [0.1, 0.15) is 5.75 Å². The Bertz CT molecular complexity index is 364. The number of hydrogen-bond donors (Lipinski definition) is 1. The third kappa shape index (κ3) is 6.08. The zero-order valence-electron chi connectivity index (χ0n) is 12.8. The maximum absolute atomic E-state index is 5.98. The molecule has 1 aromatic carbocycles. The molecule has 1 rings (SSSR count). The van der Waals surface area contributed by atoms with Crippen LogP contribution in [0.5, 0.6) is 5.75 Å². The van der Waals surface area contributed by atoms with Crippen molar-refractivity contribution in [3.8, 4) is 5.75 Å². The molecule has 0 bridgehead atoms. The molecule has 0 unspecified atom stereocenters. The van der Waals surface area contributed by atoms with E-state index in [9.17, 15) is 0 Å². The second-order valence-electron chi connectivity index (χ2n) is 5.25. The number of ether oxygens (including phenoxy) is 1. The molecule has 0 aliphatic heterocycles. The quantitative estimate of drug-likeness (QED) is 0.694. The highest BCUT2D eigenvalue weighted by Gasteiger charge is 2.06. The molecule has 0 radical (unpaired) electrons. The van der Waals surface area contributed by atoms with Crippen molar-refractivity contribution in [3.05, 3.63) is 29.3 Å². The number of hydrogen-bond acceptors (Lipinski definition) is 3. The normalized spacial score (nSPS) is 11.0. The molecule has 0 atom stereocenters. The summed E-state index contributed by atoms with van der Waals surface area (Å²) in [5.74, 6) is 1.06. The first kappa shape index (κ1) is 16.0. The van der Waals surface area contributed by atoms with Gasteiger partial charge in [-0.25, -0.2) is 0 Å². The molecule has 1 N–H and O–H groups in total. The highest BCUT2D eigenvalue weighted by Crippen LogP contribution is 2.23. The molecule has 0 saturated carbocycles. The lowest BCUT2D eigenvalue weighted by molar-refractivity contribution is 0.277. The smallest absolute Gasteiger partial charge is 0.126 e. The average molecular weight is 264 g/mol. The van der Waals surface area contributed by atoms with Gasteiger partial charge in [0, 0.05) is 18.7 Å². The number of benzene rings is 1. The van der Waals surface area contributed by atoms with Crippen LogP contribution in [0.25, 0.3) is 0 Å². The molecule has 0 fully saturated rings. The van der Waals surface area contributed by atoms with Crippen LogP contribution in [0.3, 0.4) is 0 Å². The number of rotatable bonds is 9. The van der Waals surface area contributed by atoms with Crippen molar-refractivity contribution in [3.63, 3.8) is 0 Å². The van der Waals surface area contributed by atoms with E-state index in [1.54, 1.807) is 0 Å². The summed E-state index contributed by atoms with van der Waals surface area (Å²) in [7, 11) is 4.18. The van der Waals surface area contributed by atoms with Crippen LogP contribution in [0, 0.1) is 6.92 Å². The fourth-order valence-corrected chi connectivity index (χ4v) is 2.01. The predicted octanol–water partition coefficient (Wildman–Crippen LogP) is 2.83. The first-order chi connectivity index (χ1) is 9.15. The van der Waals surface area contributed by atoms with Crippen LogP contribution in [-0.4, -0.2) is 38.7 Å². The molecule has 0 aromatic heterocycles. The van der Waals surface area contributed by atoms with Crippen LogP contribution >= 0.6 is 0 Å². The van der Waals surface area contributed by atoms with Crippen molar-refractivity contribution < 1.29 is 4.74 Å². The van der Waals surface area contributed by atoms with E-state index >= 15 is 0 Å². The number of nitrogens with one attached hydrogen (secondary N) is 1. The Morgan fingerprint density at radius 2 is 2.05 bits per heavy atom. The number of aryl methyl sites for hydroxylation is 1. The van der Waals surface area contributed by atoms with Gasteiger partial charge in [-0.3, -0.25) is 0 Å². The molecule has 0 aliphatic rings. The summed E-state index contributed by atoms with van der Waals surface area (Å²) in [6.45, 7) is 8.08. The minimum atomic E-state index is 0.782. The van der Waals surface area contributed by atoms with E-state index in [1.165, 1.54) is 11.1 Å². The van der Waals surface area contributed by atoms with Crippen molar-refractivity contribution in [1.82, 2.24) is 10.2 Å². The van der Waals surface area contributed by atoms with Crippen molar-refractivity contribution in [2.75, 3.05) is 33.8 Å². The van der Waals surface area contributed by atoms with Crippen molar-refractivity contribution >= 4 is 0 Å². The van der Waals surface area contributed by atoms with Gasteiger partial charge in [-0.15, -0.1) is 0 Å². The third-order valence-electron chi connectivity index (χ3n) is 3.03. The standard InChI is InChI=1S/C16H28N2O/c1-5-10-17-13-15-9-6-8-14(2)16(15)19-12-7-11-18(3)4/h6,8-9,17H,5,7,10-13H2,1-4H3. The third-order valence-corrected chi connectivity index (χ3v) is 3.03. The molecular formula is C16H28N2O. The molecule has 0 amide bonds. The van der Waals surface area contributed by atoms with E-state index in [4.69, 9.17) is 4.74 Å². The van der Waals surface area contributed by atoms with E-state index in [-0.39, 0.29) is 0 Å². The van der Waals surface area contributed by atoms with E-state index in [0.717, 1.165) is 44.8 Å². The van der Waals surface area contributed by atoms with Gasteiger partial charge in [-0.1, -0.05) is 25.1 Å². The topological polar surface area (TPSA) is 24.5 Å². The van der Waals surface area contributed by atoms with Crippen LogP contribution in [0.4, 0.5) is 0 Å². The van der Waals surface area contributed by atoms with E-state index in [2.05, 4.69) is 56.4 Å². The second kappa shape index (κ2) is 8.94. The summed E-state index contributed by atoms with van der Waals surface area (Å²) in [5, 5.41) is 3.44. The minimum absolute atomic E-state index is 0.782. The maximum atomic E-state index is 5.98. The molecule has 0 spiro atoms. The lowest BCUT2D eigenvalue weighted by atomic mass is 10.1.